The molecule has 6 nitrogen and oxygen atoms in total. The highest BCUT2D eigenvalue weighted by molar-refractivity contribution is 5.78. The summed E-state index contributed by atoms with van der Waals surface area (Å²) in [4.78, 5) is 19.5. The third-order valence-corrected chi connectivity index (χ3v) is 3.09. The number of aryl methyl sites for hydroxylation is 1. The SMILES string of the molecule is Cc1ccc(-c2nc(N)ncc2-c2ccc(=O)[nH]n2)cc1. The van der Waals surface area contributed by atoms with Gasteiger partial charge in [-0.3, -0.25) is 4.79 Å². The van der Waals surface area contributed by atoms with Gasteiger partial charge >= 0.3 is 0 Å². The molecule has 0 spiro atoms. The van der Waals surface area contributed by atoms with Crippen molar-refractivity contribution >= 4 is 5.95 Å². The number of hydrogen-bond donors (Lipinski definition) is 2. The highest BCUT2D eigenvalue weighted by atomic mass is 16.1. The molecule has 0 unspecified atom stereocenters. The Balaban J connectivity index is 2.19. The summed E-state index contributed by atoms with van der Waals surface area (Å²) in [5.41, 5.74) is 9.49. The van der Waals surface area contributed by atoms with Gasteiger partial charge in [-0.15, -0.1) is 0 Å². The van der Waals surface area contributed by atoms with E-state index in [2.05, 4.69) is 20.2 Å². The Labute approximate surface area is 120 Å². The van der Waals surface area contributed by atoms with Crippen molar-refractivity contribution in [3.05, 3.63) is 58.5 Å². The van der Waals surface area contributed by atoms with Crippen LogP contribution in [0.25, 0.3) is 22.5 Å². The van der Waals surface area contributed by atoms with Crippen molar-refractivity contribution in [1.29, 1.82) is 0 Å². The fourth-order valence-electron chi connectivity index (χ4n) is 2.01. The Hall–Kier alpha value is -3.02. The molecule has 0 saturated carbocycles. The maximum Gasteiger partial charge on any atom is 0.264 e. The Bertz CT molecular complexity index is 819. The molecule has 0 atom stereocenters. The summed E-state index contributed by atoms with van der Waals surface area (Å²) in [5.74, 6) is 0.193. The van der Waals surface area contributed by atoms with Gasteiger partial charge < -0.3 is 5.73 Å². The van der Waals surface area contributed by atoms with Crippen LogP contribution in [0.5, 0.6) is 0 Å². The second-order valence-corrected chi connectivity index (χ2v) is 4.66. The molecule has 3 aromatic rings. The minimum absolute atomic E-state index is 0.193. The van der Waals surface area contributed by atoms with E-state index in [0.717, 1.165) is 11.1 Å². The number of nitrogen functional groups attached to an aromatic ring is 1. The molecule has 0 aliphatic carbocycles. The summed E-state index contributed by atoms with van der Waals surface area (Å²) in [6.45, 7) is 2.02. The van der Waals surface area contributed by atoms with Crippen molar-refractivity contribution in [1.82, 2.24) is 20.2 Å². The first-order chi connectivity index (χ1) is 10.1. The largest absolute Gasteiger partial charge is 0.368 e. The molecular weight excluding hydrogens is 266 g/mol. The predicted molar refractivity (Wildman–Crippen MR) is 80.5 cm³/mol. The van der Waals surface area contributed by atoms with Gasteiger partial charge in [-0.05, 0) is 13.0 Å². The van der Waals surface area contributed by atoms with Gasteiger partial charge in [-0.25, -0.2) is 15.1 Å². The van der Waals surface area contributed by atoms with E-state index in [1.54, 1.807) is 12.3 Å². The summed E-state index contributed by atoms with van der Waals surface area (Å²) in [6.07, 6.45) is 1.61. The van der Waals surface area contributed by atoms with Crippen molar-refractivity contribution in [3.8, 4) is 22.5 Å². The molecule has 1 aromatic carbocycles. The van der Waals surface area contributed by atoms with Crippen LogP contribution in [0.4, 0.5) is 5.95 Å². The summed E-state index contributed by atoms with van der Waals surface area (Å²) >= 11 is 0. The molecular formula is C15H13N5O. The van der Waals surface area contributed by atoms with Crippen LogP contribution < -0.4 is 11.3 Å². The van der Waals surface area contributed by atoms with Crippen molar-refractivity contribution in [2.24, 2.45) is 0 Å². The first-order valence-corrected chi connectivity index (χ1v) is 6.39. The van der Waals surface area contributed by atoms with Crippen molar-refractivity contribution in [2.45, 2.75) is 6.92 Å². The van der Waals surface area contributed by atoms with E-state index in [-0.39, 0.29) is 11.5 Å². The zero-order valence-corrected chi connectivity index (χ0v) is 11.4. The minimum atomic E-state index is -0.257. The maximum absolute atomic E-state index is 11.1. The molecule has 3 rings (SSSR count). The minimum Gasteiger partial charge on any atom is -0.368 e. The molecule has 21 heavy (non-hydrogen) atoms. The number of nitrogens with one attached hydrogen (secondary N) is 1. The summed E-state index contributed by atoms with van der Waals surface area (Å²) in [5, 5.41) is 6.43. The van der Waals surface area contributed by atoms with E-state index in [1.807, 2.05) is 31.2 Å². The number of hydrogen-bond acceptors (Lipinski definition) is 5. The van der Waals surface area contributed by atoms with Crippen molar-refractivity contribution in [3.63, 3.8) is 0 Å². The molecule has 3 N–H and O–H groups in total. The molecule has 104 valence electrons. The number of benzene rings is 1. The smallest absolute Gasteiger partial charge is 0.264 e. The standard InChI is InChI=1S/C15H13N5O/c1-9-2-4-10(5-3-9)14-11(8-17-15(16)18-14)12-6-7-13(21)20-19-12/h2-8H,1H3,(H,20,21)(H2,16,17,18). The maximum atomic E-state index is 11.1. The molecule has 0 bridgehead atoms. The van der Waals surface area contributed by atoms with Gasteiger partial charge in [-0.1, -0.05) is 29.8 Å². The number of nitrogens with zero attached hydrogens (tertiary/aromatic N) is 3. The van der Waals surface area contributed by atoms with Gasteiger partial charge in [0.05, 0.1) is 11.4 Å². The molecule has 0 saturated heterocycles. The summed E-state index contributed by atoms with van der Waals surface area (Å²) in [6, 6.07) is 11.0. The molecule has 6 heteroatoms. The van der Waals surface area contributed by atoms with Crippen LogP contribution in [-0.4, -0.2) is 20.2 Å². The lowest BCUT2D eigenvalue weighted by Crippen LogP contribution is -2.07. The lowest BCUT2D eigenvalue weighted by Gasteiger charge is -2.08. The first kappa shape index (κ1) is 13.0. The second-order valence-electron chi connectivity index (χ2n) is 4.66. The fourth-order valence-corrected chi connectivity index (χ4v) is 2.01. The number of nitrogens with two attached hydrogens (primary N) is 1. The zero-order valence-electron chi connectivity index (χ0n) is 11.4. The van der Waals surface area contributed by atoms with Crippen molar-refractivity contribution < 1.29 is 0 Å². The topological polar surface area (TPSA) is 97.5 Å². The number of H-pyrrole nitrogens is 1. The molecule has 0 fully saturated rings. The summed E-state index contributed by atoms with van der Waals surface area (Å²) < 4.78 is 0. The van der Waals surface area contributed by atoms with Crippen LogP contribution in [0.3, 0.4) is 0 Å². The van der Waals surface area contributed by atoms with E-state index in [0.29, 0.717) is 17.0 Å². The number of rotatable bonds is 2. The summed E-state index contributed by atoms with van der Waals surface area (Å²) in [7, 11) is 0. The number of anilines is 1. The Morgan fingerprint density at radius 2 is 1.86 bits per heavy atom. The average molecular weight is 279 g/mol. The molecule has 0 aliphatic heterocycles. The molecule has 2 aromatic heterocycles. The highest BCUT2D eigenvalue weighted by Gasteiger charge is 2.12. The number of aromatic nitrogens is 4. The Morgan fingerprint density at radius 3 is 2.52 bits per heavy atom. The lowest BCUT2D eigenvalue weighted by molar-refractivity contribution is 0.992. The van der Waals surface area contributed by atoms with Gasteiger partial charge in [0.25, 0.3) is 5.56 Å². The third kappa shape index (κ3) is 2.64. The van der Waals surface area contributed by atoms with Gasteiger partial charge in [0.1, 0.15) is 0 Å². The lowest BCUT2D eigenvalue weighted by atomic mass is 10.0. The monoisotopic (exact) mass is 279 g/mol. The van der Waals surface area contributed by atoms with Crippen LogP contribution in [0.2, 0.25) is 0 Å². The number of aromatic amines is 1. The zero-order chi connectivity index (χ0) is 14.8. The molecule has 2 heterocycles. The predicted octanol–water partition coefficient (Wildman–Crippen LogP) is 1.78. The van der Waals surface area contributed by atoms with E-state index in [9.17, 15) is 4.79 Å². The first-order valence-electron chi connectivity index (χ1n) is 6.39. The van der Waals surface area contributed by atoms with E-state index >= 15 is 0 Å². The van der Waals surface area contributed by atoms with Crippen LogP contribution in [0.15, 0.2) is 47.4 Å². The van der Waals surface area contributed by atoms with Gasteiger partial charge in [0.2, 0.25) is 5.95 Å². The highest BCUT2D eigenvalue weighted by Crippen LogP contribution is 2.28. The van der Waals surface area contributed by atoms with Gasteiger partial charge in [-0.2, -0.15) is 5.10 Å². The van der Waals surface area contributed by atoms with E-state index < -0.39 is 0 Å². The fraction of sp³-hybridized carbons (Fsp3) is 0.0667. The third-order valence-electron chi connectivity index (χ3n) is 3.09. The molecule has 0 aliphatic rings. The van der Waals surface area contributed by atoms with E-state index in [4.69, 9.17) is 5.73 Å². The quantitative estimate of drug-likeness (QED) is 0.745. The van der Waals surface area contributed by atoms with Gasteiger partial charge in [0.15, 0.2) is 0 Å². The van der Waals surface area contributed by atoms with Crippen molar-refractivity contribution in [2.75, 3.05) is 5.73 Å². The van der Waals surface area contributed by atoms with E-state index in [1.165, 1.54) is 6.07 Å². The van der Waals surface area contributed by atoms with Crippen LogP contribution >= 0.6 is 0 Å². The average Bonchev–Trinajstić information content (AvgIpc) is 2.49. The van der Waals surface area contributed by atoms with Crippen LogP contribution in [0.1, 0.15) is 5.56 Å². The van der Waals surface area contributed by atoms with Crippen LogP contribution in [-0.2, 0) is 0 Å². The Morgan fingerprint density at radius 1 is 1.10 bits per heavy atom. The second kappa shape index (κ2) is 5.16. The molecule has 0 amide bonds. The normalized spacial score (nSPS) is 10.5. The molecule has 0 radical (unpaired) electrons. The van der Waals surface area contributed by atoms with Gasteiger partial charge in [0, 0.05) is 23.4 Å². The van der Waals surface area contributed by atoms with Crippen LogP contribution in [0, 0.1) is 6.92 Å². The Kier molecular flexibility index (Phi) is 3.19.